The van der Waals surface area contributed by atoms with Crippen LogP contribution in [0.1, 0.15) is 26.3 Å². The third-order valence-corrected chi connectivity index (χ3v) is 2.49. The van der Waals surface area contributed by atoms with Crippen LogP contribution in [0.5, 0.6) is 0 Å². The van der Waals surface area contributed by atoms with Crippen LogP contribution in [-0.4, -0.2) is 17.0 Å². The number of ketones is 1. The Morgan fingerprint density at radius 2 is 1.88 bits per heavy atom. The molecule has 2 nitrogen and oxygen atoms in total. The van der Waals surface area contributed by atoms with Gasteiger partial charge in [-0.05, 0) is 23.1 Å². The summed E-state index contributed by atoms with van der Waals surface area (Å²) in [7, 11) is 0. The largest absolute Gasteiger partial charge is 0.385 e. The van der Waals surface area contributed by atoms with E-state index in [-0.39, 0.29) is 6.42 Å². The van der Waals surface area contributed by atoms with Crippen LogP contribution < -0.4 is 0 Å². The summed E-state index contributed by atoms with van der Waals surface area (Å²) in [4.78, 5) is 11.7. The maximum Gasteiger partial charge on any atom is 0.166 e. The third-order valence-electron chi connectivity index (χ3n) is 2.49. The predicted molar refractivity (Wildman–Crippen MR) is 60.5 cm³/mol. The zero-order valence-electron chi connectivity index (χ0n) is 10.1. The molecule has 1 N–H and O–H groups in total. The van der Waals surface area contributed by atoms with Crippen LogP contribution in [-0.2, 0) is 11.2 Å². The van der Waals surface area contributed by atoms with Crippen molar-refractivity contribution in [2.24, 2.45) is 5.41 Å². The average Bonchev–Trinajstić information content (AvgIpc) is 2.21. The van der Waals surface area contributed by atoms with E-state index in [2.05, 4.69) is 0 Å². The molecular formula is C13H16F2O2. The molecular weight excluding hydrogens is 226 g/mol. The number of rotatable bonds is 3. The first-order chi connectivity index (χ1) is 7.71. The highest BCUT2D eigenvalue weighted by atomic mass is 19.2. The van der Waals surface area contributed by atoms with Crippen molar-refractivity contribution in [2.75, 3.05) is 0 Å². The van der Waals surface area contributed by atoms with Crippen molar-refractivity contribution in [2.45, 2.75) is 33.3 Å². The lowest BCUT2D eigenvalue weighted by Gasteiger charge is -2.24. The molecule has 1 rings (SSSR count). The highest BCUT2D eigenvalue weighted by Gasteiger charge is 2.28. The molecule has 0 aliphatic heterocycles. The molecule has 0 saturated carbocycles. The number of aliphatic hydroxyl groups is 1. The topological polar surface area (TPSA) is 37.3 Å². The number of halogens is 2. The molecule has 0 aliphatic carbocycles. The zero-order chi connectivity index (χ0) is 13.2. The van der Waals surface area contributed by atoms with Crippen molar-refractivity contribution in [1.29, 1.82) is 0 Å². The van der Waals surface area contributed by atoms with Crippen molar-refractivity contribution in [3.05, 3.63) is 35.4 Å². The van der Waals surface area contributed by atoms with E-state index in [1.807, 2.05) is 0 Å². The van der Waals surface area contributed by atoms with Crippen LogP contribution in [0.25, 0.3) is 0 Å². The number of aliphatic hydroxyl groups excluding tert-OH is 1. The van der Waals surface area contributed by atoms with E-state index in [0.29, 0.717) is 5.56 Å². The van der Waals surface area contributed by atoms with E-state index in [1.165, 1.54) is 6.07 Å². The Morgan fingerprint density at radius 3 is 2.35 bits per heavy atom. The van der Waals surface area contributed by atoms with E-state index in [1.54, 1.807) is 20.8 Å². The Kier molecular flexibility index (Phi) is 3.98. The fraction of sp³-hybridized carbons (Fsp3) is 0.462. The fourth-order valence-corrected chi connectivity index (χ4v) is 1.43. The molecule has 0 aromatic heterocycles. The van der Waals surface area contributed by atoms with E-state index in [9.17, 15) is 18.7 Å². The van der Waals surface area contributed by atoms with Gasteiger partial charge in [0.1, 0.15) is 6.10 Å². The monoisotopic (exact) mass is 242 g/mol. The first kappa shape index (κ1) is 13.8. The lowest BCUT2D eigenvalue weighted by Crippen LogP contribution is -2.35. The molecule has 0 spiro atoms. The van der Waals surface area contributed by atoms with Crippen LogP contribution in [0.4, 0.5) is 8.78 Å². The zero-order valence-corrected chi connectivity index (χ0v) is 10.1. The number of carbonyl (C=O) groups is 1. The highest BCUT2D eigenvalue weighted by Crippen LogP contribution is 2.21. The summed E-state index contributed by atoms with van der Waals surface area (Å²) in [5.41, 5.74) is -0.201. The molecule has 1 atom stereocenters. The molecule has 4 heteroatoms. The summed E-state index contributed by atoms with van der Waals surface area (Å²) < 4.78 is 25.6. The second kappa shape index (κ2) is 4.92. The standard InChI is InChI=1S/C13H16F2O2/c1-13(2,3)12(17)11(16)7-8-4-5-9(14)10(15)6-8/h4-6,12,17H,7H2,1-3H3. The highest BCUT2D eigenvalue weighted by molar-refractivity contribution is 5.85. The van der Waals surface area contributed by atoms with Crippen LogP contribution in [0.3, 0.4) is 0 Å². The van der Waals surface area contributed by atoms with Gasteiger partial charge in [-0.3, -0.25) is 4.79 Å². The second-order valence-electron chi connectivity index (χ2n) is 5.16. The summed E-state index contributed by atoms with van der Waals surface area (Å²) in [6, 6.07) is 3.29. The smallest absolute Gasteiger partial charge is 0.166 e. The summed E-state index contributed by atoms with van der Waals surface area (Å²) >= 11 is 0. The number of benzene rings is 1. The number of carbonyl (C=O) groups excluding carboxylic acids is 1. The van der Waals surface area contributed by atoms with Crippen molar-refractivity contribution in [3.8, 4) is 0 Å². The third kappa shape index (κ3) is 3.60. The Morgan fingerprint density at radius 1 is 1.29 bits per heavy atom. The summed E-state index contributed by atoms with van der Waals surface area (Å²) in [5, 5.41) is 9.72. The van der Waals surface area contributed by atoms with Gasteiger partial charge in [0, 0.05) is 6.42 Å². The van der Waals surface area contributed by atoms with Crippen LogP contribution >= 0.6 is 0 Å². The van der Waals surface area contributed by atoms with Gasteiger partial charge in [-0.1, -0.05) is 26.8 Å². The van der Waals surface area contributed by atoms with Crippen molar-refractivity contribution >= 4 is 5.78 Å². The maximum absolute atomic E-state index is 12.9. The molecule has 0 fully saturated rings. The Hall–Kier alpha value is -1.29. The van der Waals surface area contributed by atoms with Gasteiger partial charge in [0.25, 0.3) is 0 Å². The van der Waals surface area contributed by atoms with Crippen LogP contribution in [0.15, 0.2) is 18.2 Å². The van der Waals surface area contributed by atoms with Gasteiger partial charge in [0.2, 0.25) is 0 Å². The normalized spacial score (nSPS) is 13.5. The lowest BCUT2D eigenvalue weighted by molar-refractivity contribution is -0.131. The van der Waals surface area contributed by atoms with Gasteiger partial charge < -0.3 is 5.11 Å². The summed E-state index contributed by atoms with van der Waals surface area (Å²) in [6.45, 7) is 5.21. The van der Waals surface area contributed by atoms with Crippen molar-refractivity contribution in [3.63, 3.8) is 0 Å². The second-order valence-corrected chi connectivity index (χ2v) is 5.16. The lowest BCUT2D eigenvalue weighted by atomic mass is 9.85. The van der Waals surface area contributed by atoms with E-state index >= 15 is 0 Å². The predicted octanol–water partition coefficient (Wildman–Crippen LogP) is 2.48. The minimum absolute atomic E-state index is 0.102. The summed E-state index contributed by atoms with van der Waals surface area (Å²) in [6.07, 6.45) is -1.22. The molecule has 0 saturated heterocycles. The molecule has 0 amide bonds. The summed E-state index contributed by atoms with van der Waals surface area (Å²) in [5.74, 6) is -2.33. The minimum Gasteiger partial charge on any atom is -0.385 e. The number of hydrogen-bond acceptors (Lipinski definition) is 2. The Bertz CT molecular complexity index is 422. The van der Waals surface area contributed by atoms with Gasteiger partial charge in [-0.25, -0.2) is 8.78 Å². The van der Waals surface area contributed by atoms with Gasteiger partial charge in [-0.15, -0.1) is 0 Å². The van der Waals surface area contributed by atoms with E-state index < -0.39 is 28.9 Å². The maximum atomic E-state index is 12.9. The first-order valence-corrected chi connectivity index (χ1v) is 5.36. The molecule has 1 unspecified atom stereocenters. The molecule has 1 aromatic rings. The van der Waals surface area contributed by atoms with Crippen molar-refractivity contribution < 1.29 is 18.7 Å². The average molecular weight is 242 g/mol. The molecule has 0 bridgehead atoms. The Balaban J connectivity index is 2.78. The molecule has 94 valence electrons. The van der Waals surface area contributed by atoms with Gasteiger partial charge in [0.15, 0.2) is 17.4 Å². The molecule has 0 heterocycles. The van der Waals surface area contributed by atoms with Gasteiger partial charge >= 0.3 is 0 Å². The number of Topliss-reactive ketones (excluding diaryl/α,β-unsaturated/α-hetero) is 1. The SMILES string of the molecule is CC(C)(C)C(O)C(=O)Cc1ccc(F)c(F)c1. The van der Waals surface area contributed by atoms with E-state index in [4.69, 9.17) is 0 Å². The Labute approximate surface area is 99.3 Å². The van der Waals surface area contributed by atoms with Crippen LogP contribution in [0.2, 0.25) is 0 Å². The van der Waals surface area contributed by atoms with Crippen LogP contribution in [0, 0.1) is 17.0 Å². The number of hydrogen-bond donors (Lipinski definition) is 1. The van der Waals surface area contributed by atoms with E-state index in [0.717, 1.165) is 12.1 Å². The molecule has 0 radical (unpaired) electrons. The van der Waals surface area contributed by atoms with Gasteiger partial charge in [0.05, 0.1) is 0 Å². The molecule has 1 aromatic carbocycles. The van der Waals surface area contributed by atoms with Gasteiger partial charge in [-0.2, -0.15) is 0 Å². The molecule has 0 aliphatic rings. The first-order valence-electron chi connectivity index (χ1n) is 5.36. The molecule has 17 heavy (non-hydrogen) atoms. The fourth-order valence-electron chi connectivity index (χ4n) is 1.43. The van der Waals surface area contributed by atoms with Crippen molar-refractivity contribution in [1.82, 2.24) is 0 Å². The quantitative estimate of drug-likeness (QED) is 0.884. The minimum atomic E-state index is -1.12.